The quantitative estimate of drug-likeness (QED) is 0.663. The van der Waals surface area contributed by atoms with Crippen LogP contribution in [0.4, 0.5) is 4.79 Å². The molecule has 0 unspecified atom stereocenters. The number of methoxy groups -OCH3 is 1. The molecule has 0 atom stereocenters. The van der Waals surface area contributed by atoms with E-state index in [0.717, 1.165) is 5.56 Å². The van der Waals surface area contributed by atoms with E-state index in [1.807, 2.05) is 20.8 Å². The first-order chi connectivity index (χ1) is 9.81. The van der Waals surface area contributed by atoms with Gasteiger partial charge in [-0.3, -0.25) is 0 Å². The molecule has 1 amide bonds. The minimum atomic E-state index is -0.502. The Morgan fingerprint density at radius 2 is 2.10 bits per heavy atom. The van der Waals surface area contributed by atoms with Gasteiger partial charge in [0, 0.05) is 18.5 Å². The number of ether oxygens (including phenoxy) is 2. The van der Waals surface area contributed by atoms with E-state index in [4.69, 9.17) is 9.47 Å². The largest absolute Gasteiger partial charge is 0.504 e. The van der Waals surface area contributed by atoms with Gasteiger partial charge in [-0.15, -0.1) is 0 Å². The molecule has 5 heteroatoms. The second-order valence-electron chi connectivity index (χ2n) is 5.37. The standard InChI is InChI=1S/C16H21NO4/c1-16(2,3)21-15(19)17-10-6-5-7-12-8-9-13(18)14(11-12)20-4/h8-9,11,18H,6,10H2,1-4H3,(H,17,19). The second-order valence-corrected chi connectivity index (χ2v) is 5.37. The molecule has 114 valence electrons. The summed E-state index contributed by atoms with van der Waals surface area (Å²) in [4.78, 5) is 11.4. The zero-order valence-electron chi connectivity index (χ0n) is 12.8. The van der Waals surface area contributed by atoms with Crippen molar-refractivity contribution in [1.82, 2.24) is 5.32 Å². The highest BCUT2D eigenvalue weighted by Crippen LogP contribution is 2.25. The summed E-state index contributed by atoms with van der Waals surface area (Å²) < 4.78 is 10.1. The molecule has 0 aliphatic rings. The van der Waals surface area contributed by atoms with Crippen LogP contribution in [0.15, 0.2) is 18.2 Å². The normalized spacial score (nSPS) is 10.3. The van der Waals surface area contributed by atoms with Gasteiger partial charge in [0.05, 0.1) is 7.11 Å². The Morgan fingerprint density at radius 1 is 1.38 bits per heavy atom. The average molecular weight is 291 g/mol. The van der Waals surface area contributed by atoms with Crippen molar-refractivity contribution in [1.29, 1.82) is 0 Å². The van der Waals surface area contributed by atoms with Gasteiger partial charge in [-0.1, -0.05) is 11.8 Å². The Bertz CT molecular complexity index is 550. The van der Waals surface area contributed by atoms with Crippen molar-refractivity contribution in [2.75, 3.05) is 13.7 Å². The van der Waals surface area contributed by atoms with Gasteiger partial charge >= 0.3 is 6.09 Å². The van der Waals surface area contributed by atoms with Gasteiger partial charge in [0.15, 0.2) is 11.5 Å². The molecular weight excluding hydrogens is 270 g/mol. The summed E-state index contributed by atoms with van der Waals surface area (Å²) in [6.07, 6.45) is 0.0539. The first-order valence-corrected chi connectivity index (χ1v) is 6.64. The van der Waals surface area contributed by atoms with Crippen LogP contribution >= 0.6 is 0 Å². The summed E-state index contributed by atoms with van der Waals surface area (Å²) in [5.41, 5.74) is 0.236. The smallest absolute Gasteiger partial charge is 0.407 e. The molecule has 2 N–H and O–H groups in total. The highest BCUT2D eigenvalue weighted by atomic mass is 16.6. The number of carbonyl (C=O) groups is 1. The molecule has 0 aliphatic carbocycles. The molecule has 0 spiro atoms. The van der Waals surface area contributed by atoms with Crippen LogP contribution in [0.1, 0.15) is 32.8 Å². The molecule has 1 rings (SSSR count). The van der Waals surface area contributed by atoms with E-state index >= 15 is 0 Å². The minimum Gasteiger partial charge on any atom is -0.504 e. The van der Waals surface area contributed by atoms with Crippen molar-refractivity contribution in [2.24, 2.45) is 0 Å². The van der Waals surface area contributed by atoms with E-state index in [-0.39, 0.29) is 5.75 Å². The van der Waals surface area contributed by atoms with Crippen LogP contribution < -0.4 is 10.1 Å². The molecule has 0 aromatic heterocycles. The number of aromatic hydroxyl groups is 1. The van der Waals surface area contributed by atoms with E-state index < -0.39 is 11.7 Å². The summed E-state index contributed by atoms with van der Waals surface area (Å²) in [6, 6.07) is 4.89. The van der Waals surface area contributed by atoms with Crippen molar-refractivity contribution >= 4 is 6.09 Å². The summed E-state index contributed by atoms with van der Waals surface area (Å²) in [7, 11) is 1.48. The molecule has 21 heavy (non-hydrogen) atoms. The van der Waals surface area contributed by atoms with Crippen LogP contribution in [0.5, 0.6) is 11.5 Å². The number of hydrogen-bond donors (Lipinski definition) is 2. The van der Waals surface area contributed by atoms with E-state index in [1.54, 1.807) is 12.1 Å². The van der Waals surface area contributed by atoms with Gasteiger partial charge in [-0.05, 0) is 39.0 Å². The number of rotatable bonds is 3. The lowest BCUT2D eigenvalue weighted by Crippen LogP contribution is -2.32. The monoisotopic (exact) mass is 291 g/mol. The van der Waals surface area contributed by atoms with Crippen LogP contribution in [-0.2, 0) is 4.74 Å². The number of amides is 1. The van der Waals surface area contributed by atoms with Gasteiger partial charge in [0.2, 0.25) is 0 Å². The van der Waals surface area contributed by atoms with Crippen LogP contribution in [0, 0.1) is 11.8 Å². The molecule has 0 bridgehead atoms. The maximum Gasteiger partial charge on any atom is 0.407 e. The fourth-order valence-electron chi connectivity index (χ4n) is 1.46. The summed E-state index contributed by atoms with van der Waals surface area (Å²) in [5.74, 6) is 6.33. The number of hydrogen-bond acceptors (Lipinski definition) is 4. The Kier molecular flexibility index (Phi) is 5.92. The van der Waals surface area contributed by atoms with Crippen molar-refractivity contribution in [3.05, 3.63) is 23.8 Å². The number of phenolic OH excluding ortho intramolecular Hbond substituents is 1. The van der Waals surface area contributed by atoms with Crippen molar-refractivity contribution in [3.8, 4) is 23.3 Å². The number of benzene rings is 1. The van der Waals surface area contributed by atoms with E-state index in [9.17, 15) is 9.90 Å². The van der Waals surface area contributed by atoms with E-state index in [1.165, 1.54) is 13.2 Å². The molecule has 0 radical (unpaired) electrons. The maximum absolute atomic E-state index is 11.4. The fourth-order valence-corrected chi connectivity index (χ4v) is 1.46. The minimum absolute atomic E-state index is 0.0784. The lowest BCUT2D eigenvalue weighted by molar-refractivity contribution is 0.0529. The zero-order valence-corrected chi connectivity index (χ0v) is 12.8. The van der Waals surface area contributed by atoms with Crippen molar-refractivity contribution < 1.29 is 19.4 Å². The first-order valence-electron chi connectivity index (χ1n) is 6.64. The van der Waals surface area contributed by atoms with Gasteiger partial charge in [0.1, 0.15) is 5.60 Å². The fraction of sp³-hybridized carbons (Fsp3) is 0.438. The zero-order chi connectivity index (χ0) is 15.9. The number of carbonyl (C=O) groups excluding carboxylic acids is 1. The van der Waals surface area contributed by atoms with Crippen LogP contribution in [0.25, 0.3) is 0 Å². The van der Waals surface area contributed by atoms with E-state index in [2.05, 4.69) is 17.2 Å². The van der Waals surface area contributed by atoms with Gasteiger partial charge in [-0.2, -0.15) is 0 Å². The van der Waals surface area contributed by atoms with Crippen molar-refractivity contribution in [2.45, 2.75) is 32.8 Å². The molecule has 1 aromatic rings. The molecule has 0 heterocycles. The number of phenols is 1. The van der Waals surface area contributed by atoms with Crippen LogP contribution in [-0.4, -0.2) is 30.5 Å². The maximum atomic E-state index is 11.4. The molecule has 0 aliphatic heterocycles. The predicted molar refractivity (Wildman–Crippen MR) is 80.4 cm³/mol. The van der Waals surface area contributed by atoms with Crippen LogP contribution in [0.3, 0.4) is 0 Å². The average Bonchev–Trinajstić information content (AvgIpc) is 2.38. The lowest BCUT2D eigenvalue weighted by Gasteiger charge is -2.19. The Morgan fingerprint density at radius 3 is 2.71 bits per heavy atom. The first kappa shape index (κ1) is 16.7. The highest BCUT2D eigenvalue weighted by molar-refractivity contribution is 5.67. The number of alkyl carbamates (subject to hydrolysis) is 1. The Hall–Kier alpha value is -2.35. The predicted octanol–water partition coefficient (Wildman–Crippen LogP) is 2.67. The summed E-state index contributed by atoms with van der Waals surface area (Å²) in [6.45, 7) is 5.84. The van der Waals surface area contributed by atoms with Gasteiger partial charge in [-0.25, -0.2) is 4.79 Å². The Labute approximate surface area is 125 Å². The number of nitrogens with one attached hydrogen (secondary N) is 1. The van der Waals surface area contributed by atoms with Crippen molar-refractivity contribution in [3.63, 3.8) is 0 Å². The Balaban J connectivity index is 2.42. The topological polar surface area (TPSA) is 67.8 Å². The molecule has 1 aromatic carbocycles. The molecule has 0 fully saturated rings. The lowest BCUT2D eigenvalue weighted by atomic mass is 10.2. The molecule has 5 nitrogen and oxygen atoms in total. The third-order valence-electron chi connectivity index (χ3n) is 2.33. The third kappa shape index (κ3) is 6.57. The van der Waals surface area contributed by atoms with Gasteiger partial charge in [0.25, 0.3) is 0 Å². The summed E-state index contributed by atoms with van der Waals surface area (Å²) in [5, 5.41) is 12.1. The van der Waals surface area contributed by atoms with Crippen LogP contribution in [0.2, 0.25) is 0 Å². The third-order valence-corrected chi connectivity index (χ3v) is 2.33. The SMILES string of the molecule is COc1cc(C#CCCNC(=O)OC(C)(C)C)ccc1O. The summed E-state index contributed by atoms with van der Waals surface area (Å²) >= 11 is 0. The second kappa shape index (κ2) is 7.44. The highest BCUT2D eigenvalue weighted by Gasteiger charge is 2.15. The molecular formula is C16H21NO4. The van der Waals surface area contributed by atoms with Gasteiger partial charge < -0.3 is 19.9 Å². The van der Waals surface area contributed by atoms with E-state index in [0.29, 0.717) is 18.7 Å². The molecule has 0 saturated heterocycles. The molecule has 0 saturated carbocycles.